The van der Waals surface area contributed by atoms with Crippen molar-refractivity contribution >= 4 is 29.3 Å². The molecule has 1 aromatic heterocycles. The van der Waals surface area contributed by atoms with Gasteiger partial charge in [-0.05, 0) is 49.2 Å². The molecular weight excluding hydrogens is 429 g/mol. The second-order valence-electron chi connectivity index (χ2n) is 7.09. The van der Waals surface area contributed by atoms with Crippen molar-refractivity contribution in [2.75, 3.05) is 11.1 Å². The highest BCUT2D eigenvalue weighted by atomic mass is 32.2. The molecular formula is C23H24FN5O2S. The number of allylic oxidation sites excluding steroid dienone is 1. The van der Waals surface area contributed by atoms with Gasteiger partial charge in [0.05, 0.1) is 12.3 Å². The normalized spacial score (nSPS) is 10.6. The predicted octanol–water partition coefficient (Wildman–Crippen LogP) is 3.88. The van der Waals surface area contributed by atoms with Crippen molar-refractivity contribution in [2.45, 2.75) is 32.1 Å². The number of amides is 2. The molecule has 2 amide bonds. The van der Waals surface area contributed by atoms with Crippen LogP contribution in [0.5, 0.6) is 0 Å². The number of rotatable bonds is 9. The summed E-state index contributed by atoms with van der Waals surface area (Å²) in [5.41, 5.74) is 3.16. The Morgan fingerprint density at radius 2 is 1.81 bits per heavy atom. The fourth-order valence-corrected chi connectivity index (χ4v) is 3.82. The summed E-state index contributed by atoms with van der Waals surface area (Å²) in [6.45, 7) is 8.20. The molecule has 32 heavy (non-hydrogen) atoms. The number of carbonyl (C=O) groups excluding carboxylic acids is 2. The minimum absolute atomic E-state index is 0.131. The van der Waals surface area contributed by atoms with E-state index in [0.717, 1.165) is 16.8 Å². The van der Waals surface area contributed by atoms with Crippen LogP contribution >= 0.6 is 11.8 Å². The molecule has 3 rings (SSSR count). The number of hydrogen-bond donors (Lipinski definition) is 2. The highest BCUT2D eigenvalue weighted by molar-refractivity contribution is 7.99. The first-order chi connectivity index (χ1) is 15.4. The van der Waals surface area contributed by atoms with Gasteiger partial charge >= 0.3 is 0 Å². The average molecular weight is 454 g/mol. The zero-order valence-electron chi connectivity index (χ0n) is 17.9. The van der Waals surface area contributed by atoms with E-state index < -0.39 is 5.82 Å². The van der Waals surface area contributed by atoms with Crippen molar-refractivity contribution in [3.05, 3.63) is 83.5 Å². The summed E-state index contributed by atoms with van der Waals surface area (Å²) in [5.74, 6) is -0.217. The first-order valence-electron chi connectivity index (χ1n) is 9.94. The van der Waals surface area contributed by atoms with Gasteiger partial charge in [-0.2, -0.15) is 0 Å². The van der Waals surface area contributed by atoms with Gasteiger partial charge in [-0.25, -0.2) is 4.39 Å². The smallest absolute Gasteiger partial charge is 0.251 e. The Balaban J connectivity index is 1.62. The van der Waals surface area contributed by atoms with Gasteiger partial charge in [-0.1, -0.05) is 36.0 Å². The molecule has 2 N–H and O–H groups in total. The lowest BCUT2D eigenvalue weighted by Gasteiger charge is -2.11. The molecule has 7 nitrogen and oxygen atoms in total. The van der Waals surface area contributed by atoms with Gasteiger partial charge in [0, 0.05) is 17.8 Å². The molecule has 0 spiro atoms. The lowest BCUT2D eigenvalue weighted by molar-refractivity contribution is -0.113. The van der Waals surface area contributed by atoms with Gasteiger partial charge in [-0.15, -0.1) is 16.8 Å². The summed E-state index contributed by atoms with van der Waals surface area (Å²) in [5, 5.41) is 14.5. The molecule has 2 aromatic carbocycles. The summed E-state index contributed by atoms with van der Waals surface area (Å²) in [6, 6.07) is 11.1. The maximum Gasteiger partial charge on any atom is 0.251 e. The Morgan fingerprint density at radius 3 is 2.47 bits per heavy atom. The summed E-state index contributed by atoms with van der Waals surface area (Å²) >= 11 is 1.25. The zero-order chi connectivity index (χ0) is 23.1. The number of carbonyl (C=O) groups is 2. The van der Waals surface area contributed by atoms with Crippen LogP contribution in [-0.4, -0.2) is 32.3 Å². The van der Waals surface area contributed by atoms with E-state index in [-0.39, 0.29) is 24.1 Å². The third-order valence-corrected chi connectivity index (χ3v) is 5.66. The van der Waals surface area contributed by atoms with Crippen LogP contribution in [0.4, 0.5) is 10.1 Å². The van der Waals surface area contributed by atoms with Gasteiger partial charge in [0.15, 0.2) is 11.0 Å². The molecule has 0 aliphatic rings. The molecule has 166 valence electrons. The second kappa shape index (κ2) is 10.7. The van der Waals surface area contributed by atoms with Crippen molar-refractivity contribution in [1.29, 1.82) is 0 Å². The van der Waals surface area contributed by atoms with Crippen LogP contribution in [0, 0.1) is 19.7 Å². The number of anilines is 1. The van der Waals surface area contributed by atoms with Crippen LogP contribution in [0.15, 0.2) is 60.3 Å². The molecule has 9 heteroatoms. The fourth-order valence-electron chi connectivity index (χ4n) is 3.05. The highest BCUT2D eigenvalue weighted by Gasteiger charge is 2.15. The predicted molar refractivity (Wildman–Crippen MR) is 123 cm³/mol. The molecule has 0 fully saturated rings. The van der Waals surface area contributed by atoms with E-state index in [1.807, 2.05) is 32.0 Å². The number of nitrogens with zero attached hydrogens (tertiary/aromatic N) is 3. The number of thioether (sulfide) groups is 1. The first-order valence-corrected chi connectivity index (χ1v) is 10.9. The van der Waals surface area contributed by atoms with E-state index in [1.165, 1.54) is 36.0 Å². The number of halogens is 1. The van der Waals surface area contributed by atoms with Gasteiger partial charge in [-0.3, -0.25) is 9.59 Å². The number of benzene rings is 2. The molecule has 0 atom stereocenters. The third kappa shape index (κ3) is 5.82. The Labute approximate surface area is 190 Å². The Morgan fingerprint density at radius 1 is 1.12 bits per heavy atom. The van der Waals surface area contributed by atoms with Crippen LogP contribution in [0.1, 0.15) is 27.3 Å². The van der Waals surface area contributed by atoms with Crippen molar-refractivity contribution in [3.63, 3.8) is 0 Å². The first kappa shape index (κ1) is 23.2. The monoisotopic (exact) mass is 453 g/mol. The number of nitrogens with one attached hydrogen (secondary N) is 2. The van der Waals surface area contributed by atoms with Crippen LogP contribution in [0.2, 0.25) is 0 Å². The maximum absolute atomic E-state index is 13.0. The van der Waals surface area contributed by atoms with Crippen molar-refractivity contribution in [2.24, 2.45) is 0 Å². The summed E-state index contributed by atoms with van der Waals surface area (Å²) < 4.78 is 14.8. The molecule has 0 bridgehead atoms. The van der Waals surface area contributed by atoms with Crippen LogP contribution < -0.4 is 10.6 Å². The van der Waals surface area contributed by atoms with E-state index in [1.54, 1.807) is 10.6 Å². The molecule has 3 aromatic rings. The van der Waals surface area contributed by atoms with Crippen molar-refractivity contribution in [1.82, 2.24) is 20.1 Å². The fraction of sp³-hybridized carbons (Fsp3) is 0.217. The van der Waals surface area contributed by atoms with Gasteiger partial charge in [0.25, 0.3) is 5.91 Å². The Hall–Kier alpha value is -3.46. The molecule has 0 saturated carbocycles. The lowest BCUT2D eigenvalue weighted by atomic mass is 10.1. The quantitative estimate of drug-likeness (QED) is 0.379. The highest BCUT2D eigenvalue weighted by Crippen LogP contribution is 2.21. The van der Waals surface area contributed by atoms with E-state index in [9.17, 15) is 14.0 Å². The molecule has 0 saturated heterocycles. The van der Waals surface area contributed by atoms with Crippen LogP contribution in [-0.2, 0) is 17.9 Å². The standard InChI is InChI=1S/C23H24FN5O2S/c1-4-12-29-19(13-25-22(31)17-8-10-18(24)11-9-17)27-28-23(29)32-14-20(30)26-21-15(2)6-5-7-16(21)3/h4-11H,1,12-14H2,2-3H3,(H,25,31)(H,26,30). The Kier molecular flexibility index (Phi) is 7.77. The average Bonchev–Trinajstić information content (AvgIpc) is 3.15. The number of hydrogen-bond acceptors (Lipinski definition) is 5. The van der Waals surface area contributed by atoms with Gasteiger partial charge in [0.2, 0.25) is 5.91 Å². The summed E-state index contributed by atoms with van der Waals surface area (Å²) in [6.07, 6.45) is 1.69. The van der Waals surface area contributed by atoms with Crippen LogP contribution in [0.25, 0.3) is 0 Å². The topological polar surface area (TPSA) is 88.9 Å². The number of aryl methyl sites for hydroxylation is 2. The SMILES string of the molecule is C=CCn1c(CNC(=O)c2ccc(F)cc2)nnc1SCC(=O)Nc1c(C)cccc1C. The minimum Gasteiger partial charge on any atom is -0.345 e. The second-order valence-corrected chi connectivity index (χ2v) is 8.03. The lowest BCUT2D eigenvalue weighted by Crippen LogP contribution is -2.25. The molecule has 0 aliphatic heterocycles. The largest absolute Gasteiger partial charge is 0.345 e. The van der Waals surface area contributed by atoms with Crippen molar-refractivity contribution < 1.29 is 14.0 Å². The van der Waals surface area contributed by atoms with E-state index >= 15 is 0 Å². The van der Waals surface area contributed by atoms with E-state index in [4.69, 9.17) is 0 Å². The van der Waals surface area contributed by atoms with Crippen molar-refractivity contribution in [3.8, 4) is 0 Å². The summed E-state index contributed by atoms with van der Waals surface area (Å²) in [7, 11) is 0. The third-order valence-electron chi connectivity index (χ3n) is 4.70. The van der Waals surface area contributed by atoms with E-state index in [2.05, 4.69) is 27.4 Å². The van der Waals surface area contributed by atoms with E-state index in [0.29, 0.717) is 23.1 Å². The van der Waals surface area contributed by atoms with Gasteiger partial charge in [0.1, 0.15) is 5.82 Å². The number of para-hydroxylation sites is 1. The Bertz CT molecular complexity index is 1110. The maximum atomic E-state index is 13.0. The molecule has 1 heterocycles. The zero-order valence-corrected chi connectivity index (χ0v) is 18.7. The molecule has 0 unspecified atom stereocenters. The minimum atomic E-state index is -0.407. The van der Waals surface area contributed by atoms with Crippen LogP contribution in [0.3, 0.4) is 0 Å². The number of aromatic nitrogens is 3. The molecule has 0 radical (unpaired) electrons. The summed E-state index contributed by atoms with van der Waals surface area (Å²) in [4.78, 5) is 24.7. The molecule has 0 aliphatic carbocycles. The van der Waals surface area contributed by atoms with Gasteiger partial charge < -0.3 is 15.2 Å².